The maximum atomic E-state index is 12.8. The molecule has 1 N–H and O–H groups in total. The third-order valence-corrected chi connectivity index (χ3v) is 6.57. The average molecular weight is 493 g/mol. The van der Waals surface area contributed by atoms with Crippen LogP contribution in [0.15, 0.2) is 84.0 Å². The molecule has 1 aromatic heterocycles. The Morgan fingerprint density at radius 2 is 1.74 bits per heavy atom. The van der Waals surface area contributed by atoms with Crippen LogP contribution in [0, 0.1) is 0 Å². The normalized spacial score (nSPS) is 11.7. The molecule has 8 heteroatoms. The van der Waals surface area contributed by atoms with Gasteiger partial charge in [-0.25, -0.2) is 0 Å². The first-order valence-corrected chi connectivity index (χ1v) is 12.2. The van der Waals surface area contributed by atoms with Crippen molar-refractivity contribution in [2.45, 2.75) is 23.8 Å². The Kier molecular flexibility index (Phi) is 7.87. The Balaban J connectivity index is 1.57. The topological polar surface area (TPSA) is 69.0 Å². The fraction of sp³-hybridized carbons (Fsp3) is 0.192. The van der Waals surface area contributed by atoms with Gasteiger partial charge in [0.15, 0.2) is 11.0 Å². The van der Waals surface area contributed by atoms with E-state index in [1.165, 1.54) is 17.3 Å². The zero-order valence-electron chi connectivity index (χ0n) is 18.9. The van der Waals surface area contributed by atoms with Gasteiger partial charge in [0.05, 0.1) is 17.9 Å². The zero-order valence-corrected chi connectivity index (χ0v) is 20.5. The van der Waals surface area contributed by atoms with E-state index < -0.39 is 0 Å². The summed E-state index contributed by atoms with van der Waals surface area (Å²) in [5.74, 6) is 1.26. The van der Waals surface area contributed by atoms with E-state index in [1.54, 1.807) is 7.11 Å². The molecule has 0 aliphatic carbocycles. The van der Waals surface area contributed by atoms with Crippen molar-refractivity contribution in [2.24, 2.45) is 0 Å². The van der Waals surface area contributed by atoms with E-state index in [4.69, 9.17) is 16.3 Å². The molecule has 3 aromatic carbocycles. The van der Waals surface area contributed by atoms with Gasteiger partial charge in [-0.15, -0.1) is 10.2 Å². The second-order valence-corrected chi connectivity index (χ2v) is 9.35. The van der Waals surface area contributed by atoms with Gasteiger partial charge in [0.25, 0.3) is 0 Å². The summed E-state index contributed by atoms with van der Waals surface area (Å²) in [5, 5.41) is 12.8. The van der Waals surface area contributed by atoms with E-state index >= 15 is 0 Å². The average Bonchev–Trinajstić information content (AvgIpc) is 3.28. The van der Waals surface area contributed by atoms with Gasteiger partial charge >= 0.3 is 0 Å². The van der Waals surface area contributed by atoms with E-state index in [9.17, 15) is 4.79 Å². The molecule has 0 spiro atoms. The number of hydrogen-bond donors (Lipinski definition) is 1. The van der Waals surface area contributed by atoms with Crippen molar-refractivity contribution in [2.75, 3.05) is 13.7 Å². The van der Waals surface area contributed by atoms with Gasteiger partial charge < -0.3 is 10.1 Å². The number of halogens is 1. The molecule has 0 aliphatic heterocycles. The molecule has 174 valence electrons. The van der Waals surface area contributed by atoms with Crippen LogP contribution in [0.5, 0.6) is 5.75 Å². The quantitative estimate of drug-likeness (QED) is 0.315. The van der Waals surface area contributed by atoms with Crippen LogP contribution in [0.2, 0.25) is 5.02 Å². The van der Waals surface area contributed by atoms with Crippen LogP contribution in [0.25, 0.3) is 17.1 Å². The highest BCUT2D eigenvalue weighted by atomic mass is 35.5. The highest BCUT2D eigenvalue weighted by molar-refractivity contribution is 8.00. The number of nitrogens with zero attached hydrogens (tertiary/aromatic N) is 3. The number of aromatic nitrogens is 3. The number of methoxy groups -OCH3 is 1. The second-order valence-electron chi connectivity index (χ2n) is 7.60. The lowest BCUT2D eigenvalue weighted by atomic mass is 10.1. The molecule has 4 rings (SSSR count). The summed E-state index contributed by atoms with van der Waals surface area (Å²) in [4.78, 5) is 12.8. The van der Waals surface area contributed by atoms with Gasteiger partial charge in [0.2, 0.25) is 5.91 Å². The molecule has 1 atom stereocenters. The Morgan fingerprint density at radius 3 is 2.47 bits per heavy atom. The largest absolute Gasteiger partial charge is 0.496 e. The third kappa shape index (κ3) is 5.61. The van der Waals surface area contributed by atoms with Crippen molar-refractivity contribution in [3.05, 3.63) is 89.4 Å². The van der Waals surface area contributed by atoms with Crippen LogP contribution in [-0.4, -0.2) is 39.6 Å². The molecule has 1 amide bonds. The minimum atomic E-state index is -0.364. The number of rotatable bonds is 9. The van der Waals surface area contributed by atoms with Gasteiger partial charge in [0, 0.05) is 17.3 Å². The second kappa shape index (κ2) is 11.2. The molecule has 0 aliphatic rings. The van der Waals surface area contributed by atoms with Crippen LogP contribution in [0.4, 0.5) is 0 Å². The summed E-state index contributed by atoms with van der Waals surface area (Å²) in [7, 11) is 1.62. The Morgan fingerprint density at radius 1 is 1.03 bits per heavy atom. The molecule has 1 heterocycles. The molecular weight excluding hydrogens is 468 g/mol. The molecular formula is C26H25ClN4O2S. The van der Waals surface area contributed by atoms with E-state index in [2.05, 4.69) is 27.6 Å². The summed E-state index contributed by atoms with van der Waals surface area (Å²) in [5.41, 5.74) is 2.83. The number of nitrogens with one attached hydrogen (secondary N) is 1. The van der Waals surface area contributed by atoms with Crippen LogP contribution >= 0.6 is 23.4 Å². The Hall–Kier alpha value is -3.29. The summed E-state index contributed by atoms with van der Waals surface area (Å²) < 4.78 is 7.47. The predicted octanol–water partition coefficient (Wildman–Crippen LogP) is 5.44. The van der Waals surface area contributed by atoms with E-state index in [0.29, 0.717) is 28.3 Å². The summed E-state index contributed by atoms with van der Waals surface area (Å²) in [6.07, 6.45) is 0.781. The van der Waals surface area contributed by atoms with Gasteiger partial charge in [-0.05, 0) is 55.3 Å². The fourth-order valence-electron chi connectivity index (χ4n) is 3.50. The minimum absolute atomic E-state index is 0.0505. The molecule has 4 aromatic rings. The summed E-state index contributed by atoms with van der Waals surface area (Å²) >= 11 is 7.47. The number of para-hydroxylation sites is 1. The zero-order chi connectivity index (χ0) is 23.9. The highest BCUT2D eigenvalue weighted by Gasteiger charge is 2.23. The van der Waals surface area contributed by atoms with Crippen molar-refractivity contribution in [3.63, 3.8) is 0 Å². The van der Waals surface area contributed by atoms with E-state index in [-0.39, 0.29) is 11.2 Å². The molecule has 0 fully saturated rings. The highest BCUT2D eigenvalue weighted by Crippen LogP contribution is 2.34. The Labute approximate surface area is 208 Å². The third-order valence-electron chi connectivity index (χ3n) is 5.27. The first-order valence-electron chi connectivity index (χ1n) is 10.9. The number of amides is 1. The minimum Gasteiger partial charge on any atom is -0.496 e. The van der Waals surface area contributed by atoms with Crippen molar-refractivity contribution >= 4 is 29.3 Å². The first-order chi connectivity index (χ1) is 16.6. The van der Waals surface area contributed by atoms with Crippen molar-refractivity contribution in [3.8, 4) is 22.8 Å². The number of ether oxygens (including phenoxy) is 1. The monoisotopic (exact) mass is 492 g/mol. The van der Waals surface area contributed by atoms with Gasteiger partial charge in [0.1, 0.15) is 5.75 Å². The fourth-order valence-corrected chi connectivity index (χ4v) is 4.52. The van der Waals surface area contributed by atoms with Crippen LogP contribution in [0.3, 0.4) is 0 Å². The molecule has 6 nitrogen and oxygen atoms in total. The summed E-state index contributed by atoms with van der Waals surface area (Å²) in [6, 6.07) is 25.2. The van der Waals surface area contributed by atoms with Gasteiger partial charge in [-0.3, -0.25) is 9.36 Å². The number of thioether (sulfide) groups is 1. The van der Waals surface area contributed by atoms with E-state index in [0.717, 1.165) is 17.7 Å². The molecule has 0 saturated carbocycles. The van der Waals surface area contributed by atoms with Gasteiger partial charge in [-0.2, -0.15) is 0 Å². The standard InChI is InChI=1S/C26H25ClN4O2S/c1-18(25(32)28-17-16-19-8-4-3-5-9-19)34-26-30-29-24(22-10-6-7-11-23(22)33-2)31(26)21-14-12-20(27)13-15-21/h3-15,18H,16-17H2,1-2H3,(H,28,32). The van der Waals surface area contributed by atoms with Crippen molar-refractivity contribution < 1.29 is 9.53 Å². The SMILES string of the molecule is COc1ccccc1-c1nnc(SC(C)C(=O)NCCc2ccccc2)n1-c1ccc(Cl)cc1. The molecule has 0 radical (unpaired) electrons. The molecule has 0 bridgehead atoms. The number of benzene rings is 3. The van der Waals surface area contributed by atoms with Gasteiger partial charge in [-0.1, -0.05) is 65.8 Å². The lowest BCUT2D eigenvalue weighted by Gasteiger charge is -2.15. The number of carbonyl (C=O) groups excluding carboxylic acids is 1. The number of carbonyl (C=O) groups is 1. The maximum absolute atomic E-state index is 12.8. The van der Waals surface area contributed by atoms with Crippen molar-refractivity contribution in [1.82, 2.24) is 20.1 Å². The predicted molar refractivity (Wildman–Crippen MR) is 137 cm³/mol. The van der Waals surface area contributed by atoms with Crippen LogP contribution in [0.1, 0.15) is 12.5 Å². The smallest absolute Gasteiger partial charge is 0.233 e. The Bertz CT molecular complexity index is 1250. The molecule has 0 saturated heterocycles. The van der Waals surface area contributed by atoms with Crippen molar-refractivity contribution in [1.29, 1.82) is 0 Å². The van der Waals surface area contributed by atoms with E-state index in [1.807, 2.05) is 78.2 Å². The van der Waals surface area contributed by atoms with Crippen LogP contribution in [-0.2, 0) is 11.2 Å². The lowest BCUT2D eigenvalue weighted by Crippen LogP contribution is -2.32. The summed E-state index contributed by atoms with van der Waals surface area (Å²) in [6.45, 7) is 2.44. The molecule has 34 heavy (non-hydrogen) atoms. The maximum Gasteiger partial charge on any atom is 0.233 e. The van der Waals surface area contributed by atoms with Crippen LogP contribution < -0.4 is 10.1 Å². The number of hydrogen-bond acceptors (Lipinski definition) is 5. The first kappa shape index (κ1) is 23.9. The molecule has 1 unspecified atom stereocenters. The lowest BCUT2D eigenvalue weighted by molar-refractivity contribution is -0.120.